The van der Waals surface area contributed by atoms with Gasteiger partial charge in [0, 0.05) is 5.69 Å². The summed E-state index contributed by atoms with van der Waals surface area (Å²) in [6, 6.07) is 12.4. The summed E-state index contributed by atoms with van der Waals surface area (Å²) in [5.41, 5.74) is 3.93. The van der Waals surface area contributed by atoms with Crippen molar-refractivity contribution in [3.05, 3.63) is 70.5 Å². The summed E-state index contributed by atoms with van der Waals surface area (Å²) in [4.78, 5) is 11.5. The predicted octanol–water partition coefficient (Wildman–Crippen LogP) is 4.18. The van der Waals surface area contributed by atoms with Crippen molar-refractivity contribution < 1.29 is 13.9 Å². The van der Waals surface area contributed by atoms with Crippen LogP contribution in [0.4, 0.5) is 10.1 Å². The molecule has 0 bridgehead atoms. The average molecular weight is 297 g/mol. The van der Waals surface area contributed by atoms with Gasteiger partial charge < -0.3 is 10.1 Å². The van der Waals surface area contributed by atoms with Gasteiger partial charge in [0.2, 0.25) is 0 Å². The van der Waals surface area contributed by atoms with Crippen LogP contribution in [0, 0.1) is 5.82 Å². The maximum absolute atomic E-state index is 14.1. The Labute approximate surface area is 128 Å². The summed E-state index contributed by atoms with van der Waals surface area (Å²) in [7, 11) is 1.24. The molecule has 0 saturated heterocycles. The molecule has 1 aliphatic heterocycles. The topological polar surface area (TPSA) is 38.3 Å². The Morgan fingerprint density at radius 3 is 2.73 bits per heavy atom. The molecule has 1 aliphatic rings. The van der Waals surface area contributed by atoms with Gasteiger partial charge >= 0.3 is 5.97 Å². The van der Waals surface area contributed by atoms with E-state index >= 15 is 0 Å². The number of methoxy groups -OCH3 is 1. The van der Waals surface area contributed by atoms with E-state index < -0.39 is 11.8 Å². The Morgan fingerprint density at radius 1 is 1.23 bits per heavy atom. The molecule has 1 N–H and O–H groups in total. The Morgan fingerprint density at radius 2 is 2.00 bits per heavy atom. The molecule has 1 unspecified atom stereocenters. The average Bonchev–Trinajstić information content (AvgIpc) is 2.53. The van der Waals surface area contributed by atoms with E-state index in [1.165, 1.54) is 19.2 Å². The first-order chi connectivity index (χ1) is 10.6. The molecule has 22 heavy (non-hydrogen) atoms. The van der Waals surface area contributed by atoms with Gasteiger partial charge in [-0.15, -0.1) is 0 Å². The van der Waals surface area contributed by atoms with Crippen LogP contribution in [-0.2, 0) is 4.74 Å². The monoisotopic (exact) mass is 297 g/mol. The first kappa shape index (κ1) is 14.3. The Balaban J connectivity index is 1.96. The number of hydrogen-bond donors (Lipinski definition) is 1. The van der Waals surface area contributed by atoms with Gasteiger partial charge in [-0.3, -0.25) is 0 Å². The van der Waals surface area contributed by atoms with E-state index in [0.717, 1.165) is 22.4 Å². The Kier molecular flexibility index (Phi) is 3.67. The van der Waals surface area contributed by atoms with Crippen LogP contribution in [0.25, 0.3) is 6.08 Å². The van der Waals surface area contributed by atoms with Gasteiger partial charge in [0.1, 0.15) is 5.82 Å². The molecule has 0 aromatic heterocycles. The fourth-order valence-electron chi connectivity index (χ4n) is 2.68. The molecule has 2 aromatic rings. The van der Waals surface area contributed by atoms with E-state index in [1.54, 1.807) is 6.07 Å². The summed E-state index contributed by atoms with van der Waals surface area (Å²) in [6.45, 7) is 2.00. The molecule has 2 aromatic carbocycles. The minimum Gasteiger partial charge on any atom is -0.465 e. The van der Waals surface area contributed by atoms with Crippen LogP contribution in [0.2, 0.25) is 0 Å². The number of fused-ring (bicyclic) bond motifs is 1. The number of halogens is 1. The number of anilines is 1. The zero-order chi connectivity index (χ0) is 15.7. The molecule has 1 heterocycles. The van der Waals surface area contributed by atoms with Crippen molar-refractivity contribution in [3.63, 3.8) is 0 Å². The predicted molar refractivity (Wildman–Crippen MR) is 84.2 cm³/mol. The first-order valence-corrected chi connectivity index (χ1v) is 7.01. The lowest BCUT2D eigenvalue weighted by Gasteiger charge is -2.27. The molecule has 0 saturated carbocycles. The van der Waals surface area contributed by atoms with Crippen LogP contribution < -0.4 is 5.32 Å². The van der Waals surface area contributed by atoms with Crippen molar-refractivity contribution >= 4 is 17.7 Å². The van der Waals surface area contributed by atoms with E-state index in [1.807, 2.05) is 31.2 Å². The Hall–Kier alpha value is -2.62. The third-order valence-electron chi connectivity index (χ3n) is 3.83. The second kappa shape index (κ2) is 5.64. The fraction of sp³-hybridized carbons (Fsp3) is 0.167. The van der Waals surface area contributed by atoms with Gasteiger partial charge in [-0.2, -0.15) is 0 Å². The standard InChI is InChI=1S/C18H16FNO2/c1-11-9-12-5-3-4-6-16(12)20-17(11)13-7-8-14(15(19)10-13)18(21)22-2/h3-10,17,20H,1-2H3. The van der Waals surface area contributed by atoms with Crippen LogP contribution >= 0.6 is 0 Å². The molecule has 0 fully saturated rings. The first-order valence-electron chi connectivity index (χ1n) is 7.01. The number of nitrogens with one attached hydrogen (secondary N) is 1. The van der Waals surface area contributed by atoms with Gasteiger partial charge in [-0.1, -0.05) is 30.3 Å². The number of carbonyl (C=O) groups excluding carboxylic acids is 1. The van der Waals surface area contributed by atoms with E-state index in [4.69, 9.17) is 0 Å². The van der Waals surface area contributed by atoms with E-state index in [-0.39, 0.29) is 11.6 Å². The smallest absolute Gasteiger partial charge is 0.340 e. The number of esters is 1. The van der Waals surface area contributed by atoms with Gasteiger partial charge in [0.05, 0.1) is 18.7 Å². The SMILES string of the molecule is COC(=O)c1ccc(C2Nc3ccccc3C=C2C)cc1F. The van der Waals surface area contributed by atoms with Crippen molar-refractivity contribution in [1.29, 1.82) is 0 Å². The zero-order valence-corrected chi connectivity index (χ0v) is 12.4. The number of benzene rings is 2. The fourth-order valence-corrected chi connectivity index (χ4v) is 2.68. The summed E-state index contributed by atoms with van der Waals surface area (Å²) >= 11 is 0. The van der Waals surface area contributed by atoms with Crippen molar-refractivity contribution in [2.75, 3.05) is 12.4 Å². The van der Waals surface area contributed by atoms with E-state index in [2.05, 4.69) is 16.1 Å². The summed E-state index contributed by atoms with van der Waals surface area (Å²) < 4.78 is 18.7. The lowest BCUT2D eigenvalue weighted by Crippen LogP contribution is -2.17. The maximum atomic E-state index is 14.1. The molecule has 3 rings (SSSR count). The maximum Gasteiger partial charge on any atom is 0.340 e. The number of rotatable bonds is 2. The lowest BCUT2D eigenvalue weighted by molar-refractivity contribution is 0.0595. The second-order valence-electron chi connectivity index (χ2n) is 5.28. The normalized spacial score (nSPS) is 16.3. The van der Waals surface area contributed by atoms with Gasteiger partial charge in [-0.05, 0) is 41.8 Å². The number of hydrogen-bond acceptors (Lipinski definition) is 3. The number of carbonyl (C=O) groups is 1. The van der Waals surface area contributed by atoms with Crippen LogP contribution in [0.5, 0.6) is 0 Å². The minimum atomic E-state index is -0.668. The summed E-state index contributed by atoms with van der Waals surface area (Å²) in [6.07, 6.45) is 2.09. The van der Waals surface area contributed by atoms with Crippen LogP contribution in [-0.4, -0.2) is 13.1 Å². The zero-order valence-electron chi connectivity index (χ0n) is 12.4. The molecule has 1 atom stereocenters. The third kappa shape index (κ3) is 2.48. The van der Waals surface area contributed by atoms with E-state index in [0.29, 0.717) is 0 Å². The van der Waals surface area contributed by atoms with Crippen LogP contribution in [0.15, 0.2) is 48.0 Å². The van der Waals surface area contributed by atoms with Crippen LogP contribution in [0.3, 0.4) is 0 Å². The van der Waals surface area contributed by atoms with Crippen molar-refractivity contribution in [3.8, 4) is 0 Å². The van der Waals surface area contributed by atoms with Gasteiger partial charge in [0.15, 0.2) is 0 Å². The molecule has 0 spiro atoms. The van der Waals surface area contributed by atoms with Crippen molar-refractivity contribution in [1.82, 2.24) is 0 Å². The molecular weight excluding hydrogens is 281 g/mol. The quantitative estimate of drug-likeness (QED) is 0.845. The summed E-state index contributed by atoms with van der Waals surface area (Å²) in [5, 5.41) is 3.40. The lowest BCUT2D eigenvalue weighted by atomic mass is 9.93. The van der Waals surface area contributed by atoms with E-state index in [9.17, 15) is 9.18 Å². The highest BCUT2D eigenvalue weighted by Crippen LogP contribution is 2.35. The van der Waals surface area contributed by atoms with Crippen molar-refractivity contribution in [2.24, 2.45) is 0 Å². The third-order valence-corrected chi connectivity index (χ3v) is 3.83. The summed E-state index contributed by atoms with van der Waals surface area (Å²) in [5.74, 6) is -1.24. The Bertz CT molecular complexity index is 767. The molecule has 0 radical (unpaired) electrons. The highest BCUT2D eigenvalue weighted by atomic mass is 19.1. The highest BCUT2D eigenvalue weighted by Gasteiger charge is 2.21. The largest absolute Gasteiger partial charge is 0.465 e. The molecule has 4 heteroatoms. The number of ether oxygens (including phenoxy) is 1. The highest BCUT2D eigenvalue weighted by molar-refractivity contribution is 5.89. The molecular formula is C18H16FNO2. The van der Waals surface area contributed by atoms with Gasteiger partial charge in [0.25, 0.3) is 0 Å². The minimum absolute atomic E-state index is 0.0518. The second-order valence-corrected chi connectivity index (χ2v) is 5.28. The van der Waals surface area contributed by atoms with Gasteiger partial charge in [-0.25, -0.2) is 9.18 Å². The van der Waals surface area contributed by atoms with Crippen molar-refractivity contribution in [2.45, 2.75) is 13.0 Å². The molecule has 112 valence electrons. The molecule has 0 amide bonds. The molecule has 0 aliphatic carbocycles. The van der Waals surface area contributed by atoms with Crippen LogP contribution in [0.1, 0.15) is 34.5 Å². The number of para-hydroxylation sites is 1. The molecule has 3 nitrogen and oxygen atoms in total.